The average Bonchev–Trinajstić information content (AvgIpc) is 2.47. The molecule has 16 heavy (non-hydrogen) atoms. The quantitative estimate of drug-likeness (QED) is 0.746. The van der Waals surface area contributed by atoms with Gasteiger partial charge in [-0.1, -0.05) is 13.3 Å². The van der Waals surface area contributed by atoms with E-state index in [-0.39, 0.29) is 24.2 Å². The van der Waals surface area contributed by atoms with E-state index in [0.717, 1.165) is 12.8 Å². The van der Waals surface area contributed by atoms with Crippen LogP contribution >= 0.6 is 0 Å². The number of hydrogen-bond donors (Lipinski definition) is 1. The zero-order chi connectivity index (χ0) is 12.1. The molecule has 0 aromatic rings. The number of carbonyl (C=O) groups is 1. The zero-order valence-electron chi connectivity index (χ0n) is 10.8. The molecule has 3 atom stereocenters. The molecule has 3 unspecified atom stereocenters. The maximum atomic E-state index is 11.9. The highest BCUT2D eigenvalue weighted by atomic mass is 16.5. The predicted octanol–water partition coefficient (Wildman–Crippen LogP) is 1.36. The Morgan fingerprint density at radius 3 is 2.75 bits per heavy atom. The van der Waals surface area contributed by atoms with Crippen molar-refractivity contribution in [1.29, 1.82) is 0 Å². The minimum Gasteiger partial charge on any atom is -0.377 e. The topological polar surface area (TPSA) is 41.6 Å². The first-order valence-corrected chi connectivity index (χ1v) is 6.28. The summed E-state index contributed by atoms with van der Waals surface area (Å²) in [7, 11) is 0. The van der Waals surface area contributed by atoms with Crippen LogP contribution in [-0.2, 0) is 9.53 Å². The summed E-state index contributed by atoms with van der Waals surface area (Å²) in [4.78, 5) is 13.9. The lowest BCUT2D eigenvalue weighted by Crippen LogP contribution is -2.41. The molecule has 1 aliphatic heterocycles. The molecular weight excluding hydrogens is 204 g/mol. The Bertz CT molecular complexity index is 233. The normalized spacial score (nSPS) is 27.5. The fourth-order valence-corrected chi connectivity index (χ4v) is 2.20. The number of amides is 1. The first-order valence-electron chi connectivity index (χ1n) is 6.28. The summed E-state index contributed by atoms with van der Waals surface area (Å²) in [5.74, 6) is 0.199. The van der Waals surface area contributed by atoms with Crippen molar-refractivity contribution in [2.75, 3.05) is 13.2 Å². The van der Waals surface area contributed by atoms with Crippen molar-refractivity contribution in [1.82, 2.24) is 10.2 Å². The van der Waals surface area contributed by atoms with Gasteiger partial charge in [0.2, 0.25) is 5.91 Å². The summed E-state index contributed by atoms with van der Waals surface area (Å²) in [6.45, 7) is 9.45. The molecule has 0 aliphatic carbocycles. The van der Waals surface area contributed by atoms with E-state index in [1.165, 1.54) is 0 Å². The second-order valence-electron chi connectivity index (χ2n) is 4.45. The van der Waals surface area contributed by atoms with Gasteiger partial charge in [-0.05, 0) is 27.2 Å². The molecule has 0 bridgehead atoms. The molecule has 1 N–H and O–H groups in total. The maximum absolute atomic E-state index is 11.9. The highest BCUT2D eigenvalue weighted by Crippen LogP contribution is 2.15. The SMILES string of the molecule is CCCC1NC(C)C(=O)N1CC(C)OCC. The van der Waals surface area contributed by atoms with Crippen LogP contribution in [0.2, 0.25) is 0 Å². The smallest absolute Gasteiger partial charge is 0.240 e. The van der Waals surface area contributed by atoms with E-state index < -0.39 is 0 Å². The Balaban J connectivity index is 2.55. The Labute approximate surface area is 98.3 Å². The number of hydrogen-bond acceptors (Lipinski definition) is 3. The van der Waals surface area contributed by atoms with E-state index in [2.05, 4.69) is 12.2 Å². The monoisotopic (exact) mass is 228 g/mol. The molecule has 1 rings (SSSR count). The summed E-state index contributed by atoms with van der Waals surface area (Å²) >= 11 is 0. The molecule has 0 aromatic carbocycles. The lowest BCUT2D eigenvalue weighted by atomic mass is 10.2. The van der Waals surface area contributed by atoms with E-state index >= 15 is 0 Å². The van der Waals surface area contributed by atoms with Crippen molar-refractivity contribution in [3.05, 3.63) is 0 Å². The number of nitrogens with one attached hydrogen (secondary N) is 1. The lowest BCUT2D eigenvalue weighted by Gasteiger charge is -2.26. The Hall–Kier alpha value is -0.610. The van der Waals surface area contributed by atoms with Crippen molar-refractivity contribution in [3.63, 3.8) is 0 Å². The molecule has 0 aromatic heterocycles. The minimum absolute atomic E-state index is 0.0506. The van der Waals surface area contributed by atoms with E-state index in [1.54, 1.807) is 0 Å². The standard InChI is InChI=1S/C12H24N2O2/c1-5-7-11-13-10(4)12(15)14(11)8-9(3)16-6-2/h9-11,13H,5-8H2,1-4H3. The molecule has 1 aliphatic rings. The Morgan fingerprint density at radius 2 is 2.19 bits per heavy atom. The zero-order valence-corrected chi connectivity index (χ0v) is 10.8. The van der Waals surface area contributed by atoms with E-state index in [1.807, 2.05) is 25.7 Å². The van der Waals surface area contributed by atoms with Gasteiger partial charge in [-0.15, -0.1) is 0 Å². The Morgan fingerprint density at radius 1 is 1.50 bits per heavy atom. The van der Waals surface area contributed by atoms with Gasteiger partial charge in [0.25, 0.3) is 0 Å². The van der Waals surface area contributed by atoms with Crippen LogP contribution in [0.3, 0.4) is 0 Å². The van der Waals surface area contributed by atoms with Gasteiger partial charge in [-0.25, -0.2) is 0 Å². The second kappa shape index (κ2) is 6.21. The van der Waals surface area contributed by atoms with Crippen molar-refractivity contribution < 1.29 is 9.53 Å². The first-order chi connectivity index (χ1) is 7.60. The summed E-state index contributed by atoms with van der Waals surface area (Å²) in [5, 5.41) is 3.32. The van der Waals surface area contributed by atoms with Crippen LogP contribution in [0.5, 0.6) is 0 Å². The van der Waals surface area contributed by atoms with Crippen LogP contribution < -0.4 is 5.32 Å². The van der Waals surface area contributed by atoms with E-state index in [4.69, 9.17) is 4.74 Å². The molecule has 1 heterocycles. The average molecular weight is 228 g/mol. The number of nitrogens with zero attached hydrogens (tertiary/aromatic N) is 1. The van der Waals surface area contributed by atoms with E-state index in [0.29, 0.717) is 13.2 Å². The molecule has 4 nitrogen and oxygen atoms in total. The third-order valence-electron chi connectivity index (χ3n) is 2.94. The number of carbonyl (C=O) groups excluding carboxylic acids is 1. The van der Waals surface area contributed by atoms with E-state index in [9.17, 15) is 4.79 Å². The van der Waals surface area contributed by atoms with Gasteiger partial charge in [-0.2, -0.15) is 0 Å². The molecular formula is C12H24N2O2. The van der Waals surface area contributed by atoms with Gasteiger partial charge in [0.1, 0.15) is 0 Å². The molecule has 1 saturated heterocycles. The third kappa shape index (κ3) is 3.19. The number of ether oxygens (including phenoxy) is 1. The van der Waals surface area contributed by atoms with Crippen LogP contribution in [0.15, 0.2) is 0 Å². The molecule has 1 amide bonds. The maximum Gasteiger partial charge on any atom is 0.240 e. The molecule has 0 spiro atoms. The highest BCUT2D eigenvalue weighted by Gasteiger charge is 2.35. The van der Waals surface area contributed by atoms with Crippen LogP contribution in [0.25, 0.3) is 0 Å². The van der Waals surface area contributed by atoms with Gasteiger partial charge < -0.3 is 9.64 Å². The molecule has 94 valence electrons. The van der Waals surface area contributed by atoms with Gasteiger partial charge in [-0.3, -0.25) is 10.1 Å². The predicted molar refractivity (Wildman–Crippen MR) is 64.1 cm³/mol. The minimum atomic E-state index is -0.0506. The Kier molecular flexibility index (Phi) is 5.22. The molecule has 0 saturated carbocycles. The van der Waals surface area contributed by atoms with Gasteiger partial charge >= 0.3 is 0 Å². The first kappa shape index (κ1) is 13.5. The van der Waals surface area contributed by atoms with Crippen LogP contribution in [0, 0.1) is 0 Å². The van der Waals surface area contributed by atoms with Gasteiger partial charge in [0, 0.05) is 13.2 Å². The molecule has 1 fully saturated rings. The summed E-state index contributed by atoms with van der Waals surface area (Å²) in [6, 6.07) is -0.0506. The summed E-state index contributed by atoms with van der Waals surface area (Å²) in [6.07, 6.45) is 2.39. The van der Waals surface area contributed by atoms with Crippen molar-refractivity contribution in [2.24, 2.45) is 0 Å². The largest absolute Gasteiger partial charge is 0.377 e. The van der Waals surface area contributed by atoms with Crippen LogP contribution in [0.4, 0.5) is 0 Å². The van der Waals surface area contributed by atoms with Gasteiger partial charge in [0.15, 0.2) is 0 Å². The summed E-state index contributed by atoms with van der Waals surface area (Å²) in [5.41, 5.74) is 0. The van der Waals surface area contributed by atoms with Crippen LogP contribution in [0.1, 0.15) is 40.5 Å². The van der Waals surface area contributed by atoms with Crippen LogP contribution in [-0.4, -0.2) is 42.3 Å². The van der Waals surface area contributed by atoms with Crippen molar-refractivity contribution in [2.45, 2.75) is 58.8 Å². The fourth-order valence-electron chi connectivity index (χ4n) is 2.20. The lowest BCUT2D eigenvalue weighted by molar-refractivity contribution is -0.131. The van der Waals surface area contributed by atoms with Crippen molar-refractivity contribution >= 4 is 5.91 Å². The molecule has 0 radical (unpaired) electrons. The van der Waals surface area contributed by atoms with Gasteiger partial charge in [0.05, 0.1) is 18.3 Å². The van der Waals surface area contributed by atoms with Crippen molar-refractivity contribution in [3.8, 4) is 0 Å². The summed E-state index contributed by atoms with van der Waals surface area (Å²) < 4.78 is 5.49. The second-order valence-corrected chi connectivity index (χ2v) is 4.45. The highest BCUT2D eigenvalue weighted by molar-refractivity contribution is 5.83. The third-order valence-corrected chi connectivity index (χ3v) is 2.94. The number of rotatable bonds is 6. The molecule has 4 heteroatoms. The fraction of sp³-hybridized carbons (Fsp3) is 0.917.